The van der Waals surface area contributed by atoms with Gasteiger partial charge in [-0.05, 0) is 50.4 Å². The third kappa shape index (κ3) is 2.79. The zero-order chi connectivity index (χ0) is 12.4. The smallest absolute Gasteiger partial charge is 0.315 e. The maximum atomic E-state index is 11.8. The SMILES string of the molecule is O=C(NCC[C@H]1CCCO1)N[C@@H]1C[C@H]2CC[C@H]1C2. The topological polar surface area (TPSA) is 50.4 Å². The lowest BCUT2D eigenvalue weighted by atomic mass is 9.95. The summed E-state index contributed by atoms with van der Waals surface area (Å²) >= 11 is 0. The molecule has 1 aliphatic heterocycles. The van der Waals surface area contributed by atoms with Crippen molar-refractivity contribution >= 4 is 6.03 Å². The Bertz CT molecular complexity index is 302. The number of hydrogen-bond acceptors (Lipinski definition) is 2. The zero-order valence-electron chi connectivity index (χ0n) is 11.0. The first-order valence-corrected chi connectivity index (χ1v) is 7.47. The minimum Gasteiger partial charge on any atom is -0.378 e. The van der Waals surface area contributed by atoms with Gasteiger partial charge in [0.05, 0.1) is 6.10 Å². The van der Waals surface area contributed by atoms with Gasteiger partial charge in [-0.1, -0.05) is 6.42 Å². The minimum atomic E-state index is 0.0190. The van der Waals surface area contributed by atoms with Crippen LogP contribution in [-0.4, -0.2) is 31.3 Å². The van der Waals surface area contributed by atoms with Gasteiger partial charge in [0.25, 0.3) is 0 Å². The average molecular weight is 252 g/mol. The molecule has 3 rings (SSSR count). The van der Waals surface area contributed by atoms with Crippen LogP contribution in [0.3, 0.4) is 0 Å². The van der Waals surface area contributed by atoms with E-state index in [0.29, 0.717) is 12.1 Å². The fourth-order valence-corrected chi connectivity index (χ4v) is 3.86. The normalized spacial score (nSPS) is 38.0. The number of ether oxygens (including phenoxy) is 1. The summed E-state index contributed by atoms with van der Waals surface area (Å²) in [5.41, 5.74) is 0. The van der Waals surface area contributed by atoms with Crippen molar-refractivity contribution in [1.29, 1.82) is 0 Å². The van der Waals surface area contributed by atoms with E-state index >= 15 is 0 Å². The van der Waals surface area contributed by atoms with Crippen LogP contribution in [0.25, 0.3) is 0 Å². The summed E-state index contributed by atoms with van der Waals surface area (Å²) in [4.78, 5) is 11.8. The van der Waals surface area contributed by atoms with Crippen LogP contribution in [0.2, 0.25) is 0 Å². The highest BCUT2D eigenvalue weighted by molar-refractivity contribution is 5.74. The Hall–Kier alpha value is -0.770. The molecule has 2 amide bonds. The number of urea groups is 1. The number of rotatable bonds is 4. The summed E-state index contributed by atoms with van der Waals surface area (Å²) in [5, 5.41) is 6.11. The van der Waals surface area contributed by atoms with Gasteiger partial charge in [-0.2, -0.15) is 0 Å². The molecule has 2 saturated carbocycles. The fraction of sp³-hybridized carbons (Fsp3) is 0.929. The minimum absolute atomic E-state index is 0.0190. The van der Waals surface area contributed by atoms with Crippen LogP contribution in [0.5, 0.6) is 0 Å². The van der Waals surface area contributed by atoms with Gasteiger partial charge in [0.2, 0.25) is 0 Å². The van der Waals surface area contributed by atoms with E-state index in [2.05, 4.69) is 10.6 Å². The summed E-state index contributed by atoms with van der Waals surface area (Å²) in [7, 11) is 0. The number of fused-ring (bicyclic) bond motifs is 2. The predicted molar refractivity (Wildman–Crippen MR) is 69.4 cm³/mol. The van der Waals surface area contributed by atoms with Crippen LogP contribution in [-0.2, 0) is 4.74 Å². The maximum Gasteiger partial charge on any atom is 0.315 e. The number of carbonyl (C=O) groups excluding carboxylic acids is 1. The van der Waals surface area contributed by atoms with E-state index in [1.54, 1.807) is 0 Å². The molecule has 3 aliphatic rings. The van der Waals surface area contributed by atoms with Gasteiger partial charge in [-0.15, -0.1) is 0 Å². The molecule has 4 nitrogen and oxygen atoms in total. The largest absolute Gasteiger partial charge is 0.378 e. The monoisotopic (exact) mass is 252 g/mol. The van der Waals surface area contributed by atoms with E-state index < -0.39 is 0 Å². The molecule has 2 bridgehead atoms. The second kappa shape index (κ2) is 5.47. The first-order valence-electron chi connectivity index (χ1n) is 7.47. The van der Waals surface area contributed by atoms with Crippen molar-refractivity contribution in [3.8, 4) is 0 Å². The molecule has 18 heavy (non-hydrogen) atoms. The molecule has 0 aromatic rings. The van der Waals surface area contributed by atoms with Crippen molar-refractivity contribution in [2.24, 2.45) is 11.8 Å². The van der Waals surface area contributed by atoms with E-state index in [1.807, 2.05) is 0 Å². The molecule has 0 unspecified atom stereocenters. The molecule has 1 heterocycles. The van der Waals surface area contributed by atoms with Crippen LogP contribution < -0.4 is 10.6 Å². The van der Waals surface area contributed by atoms with E-state index in [4.69, 9.17) is 4.74 Å². The van der Waals surface area contributed by atoms with Gasteiger partial charge in [0, 0.05) is 19.2 Å². The molecule has 4 heteroatoms. The number of carbonyl (C=O) groups is 1. The molecule has 0 radical (unpaired) electrons. The lowest BCUT2D eigenvalue weighted by Crippen LogP contribution is -2.45. The molecule has 4 atom stereocenters. The fourth-order valence-electron chi connectivity index (χ4n) is 3.86. The Morgan fingerprint density at radius 3 is 2.83 bits per heavy atom. The van der Waals surface area contributed by atoms with Crippen LogP contribution in [0.15, 0.2) is 0 Å². The van der Waals surface area contributed by atoms with E-state index in [1.165, 1.54) is 32.1 Å². The van der Waals surface area contributed by atoms with Crippen molar-refractivity contribution in [2.45, 2.75) is 57.1 Å². The molecule has 2 aliphatic carbocycles. The third-order valence-electron chi connectivity index (χ3n) is 4.83. The van der Waals surface area contributed by atoms with E-state index in [9.17, 15) is 4.79 Å². The first kappa shape index (κ1) is 12.3. The van der Waals surface area contributed by atoms with Crippen LogP contribution in [0, 0.1) is 11.8 Å². The van der Waals surface area contributed by atoms with Gasteiger partial charge < -0.3 is 15.4 Å². The number of amides is 2. The van der Waals surface area contributed by atoms with Gasteiger partial charge in [0.15, 0.2) is 0 Å². The molecule has 3 fully saturated rings. The maximum absolute atomic E-state index is 11.8. The number of nitrogens with one attached hydrogen (secondary N) is 2. The lowest BCUT2D eigenvalue weighted by Gasteiger charge is -2.23. The number of hydrogen-bond donors (Lipinski definition) is 2. The van der Waals surface area contributed by atoms with Gasteiger partial charge in [0.1, 0.15) is 0 Å². The standard InChI is InChI=1S/C14H24N2O2/c17-14(15-6-5-12-2-1-7-18-12)16-13-9-10-3-4-11(13)8-10/h10-13H,1-9H2,(H2,15,16,17)/t10-,11-,12+,13+/m0/s1. The van der Waals surface area contributed by atoms with Crippen molar-refractivity contribution in [3.05, 3.63) is 0 Å². The Labute approximate surface area is 109 Å². The van der Waals surface area contributed by atoms with Crippen molar-refractivity contribution < 1.29 is 9.53 Å². The summed E-state index contributed by atoms with van der Waals surface area (Å²) in [6.45, 7) is 1.62. The molecular weight excluding hydrogens is 228 g/mol. The summed E-state index contributed by atoms with van der Waals surface area (Å²) in [5.74, 6) is 1.63. The Morgan fingerprint density at radius 2 is 2.17 bits per heavy atom. The van der Waals surface area contributed by atoms with Crippen LogP contribution in [0.4, 0.5) is 4.79 Å². The van der Waals surface area contributed by atoms with Gasteiger partial charge >= 0.3 is 6.03 Å². The van der Waals surface area contributed by atoms with Gasteiger partial charge in [-0.3, -0.25) is 0 Å². The van der Waals surface area contributed by atoms with Crippen molar-refractivity contribution in [1.82, 2.24) is 10.6 Å². The summed E-state index contributed by atoms with van der Waals surface area (Å²) in [6, 6.07) is 0.456. The van der Waals surface area contributed by atoms with E-state index in [0.717, 1.165) is 37.8 Å². The van der Waals surface area contributed by atoms with Crippen molar-refractivity contribution in [2.75, 3.05) is 13.2 Å². The highest BCUT2D eigenvalue weighted by Crippen LogP contribution is 2.44. The molecule has 0 aromatic heterocycles. The van der Waals surface area contributed by atoms with E-state index in [-0.39, 0.29) is 6.03 Å². The summed E-state index contributed by atoms with van der Waals surface area (Å²) in [6.07, 6.45) is 8.86. The predicted octanol–water partition coefficient (Wildman–Crippen LogP) is 2.04. The second-order valence-corrected chi connectivity index (χ2v) is 6.11. The molecule has 1 saturated heterocycles. The highest BCUT2D eigenvalue weighted by Gasteiger charge is 2.40. The Balaban J connectivity index is 1.32. The quantitative estimate of drug-likeness (QED) is 0.804. The third-order valence-corrected chi connectivity index (χ3v) is 4.83. The lowest BCUT2D eigenvalue weighted by molar-refractivity contribution is 0.104. The van der Waals surface area contributed by atoms with Crippen molar-refractivity contribution in [3.63, 3.8) is 0 Å². The highest BCUT2D eigenvalue weighted by atomic mass is 16.5. The molecule has 0 spiro atoms. The average Bonchev–Trinajstić information content (AvgIpc) is 3.04. The van der Waals surface area contributed by atoms with Crippen LogP contribution >= 0.6 is 0 Å². The molecular formula is C14H24N2O2. The second-order valence-electron chi connectivity index (χ2n) is 6.11. The van der Waals surface area contributed by atoms with Gasteiger partial charge in [-0.25, -0.2) is 4.79 Å². The molecule has 2 N–H and O–H groups in total. The Morgan fingerprint density at radius 1 is 1.22 bits per heavy atom. The Kier molecular flexibility index (Phi) is 3.73. The first-order chi connectivity index (χ1) is 8.81. The zero-order valence-corrected chi connectivity index (χ0v) is 11.0. The molecule has 0 aromatic carbocycles. The van der Waals surface area contributed by atoms with Crippen LogP contribution in [0.1, 0.15) is 44.9 Å². The summed E-state index contributed by atoms with van der Waals surface area (Å²) < 4.78 is 5.54. The molecule has 102 valence electrons.